The van der Waals surface area contributed by atoms with Crippen LogP contribution in [-0.2, 0) is 15.5 Å². The van der Waals surface area contributed by atoms with Crippen LogP contribution in [0.1, 0.15) is 30.7 Å². The van der Waals surface area contributed by atoms with Crippen molar-refractivity contribution in [1.29, 1.82) is 0 Å². The molecule has 10 heteroatoms. The normalized spacial score (nSPS) is 15.3. The fourth-order valence-corrected chi connectivity index (χ4v) is 5.42. The van der Waals surface area contributed by atoms with Crippen molar-refractivity contribution in [3.8, 4) is 27.6 Å². The van der Waals surface area contributed by atoms with E-state index in [1.807, 2.05) is 37.3 Å². The number of hydrogen-bond donors (Lipinski definition) is 0. The first kappa shape index (κ1) is 23.3. The van der Waals surface area contributed by atoms with Crippen LogP contribution in [0.5, 0.6) is 5.75 Å². The highest BCUT2D eigenvalue weighted by Gasteiger charge is 2.28. The minimum atomic E-state index is -1.28. The molecule has 0 bridgehead atoms. The van der Waals surface area contributed by atoms with Gasteiger partial charge in [-0.2, -0.15) is 0 Å². The van der Waals surface area contributed by atoms with Crippen LogP contribution in [0.15, 0.2) is 41.7 Å². The van der Waals surface area contributed by atoms with Gasteiger partial charge in [0.15, 0.2) is 0 Å². The molecule has 0 saturated carbocycles. The molecule has 4 rings (SSSR count). The van der Waals surface area contributed by atoms with Gasteiger partial charge in [-0.3, -0.25) is 4.21 Å². The molecular formula is C23H26N4O4S2. The standard InChI is InChI=1S/C23H26N4O4S2/c1-4-31-23(28)27-13-10-16(11-14-27)21-26-19(15-5-7-17(30-2)8-6-15)20(32-21)18-9-12-24-22(25-18)33(3)29/h5-9,12,16H,4,10-11,13-14H2,1-3H3. The number of carbonyl (C=O) groups excluding carboxylic acids is 1. The van der Waals surface area contributed by atoms with E-state index in [-0.39, 0.29) is 12.0 Å². The second-order valence-electron chi connectivity index (χ2n) is 7.60. The largest absolute Gasteiger partial charge is 0.497 e. The van der Waals surface area contributed by atoms with Crippen molar-refractivity contribution in [2.45, 2.75) is 30.8 Å². The Morgan fingerprint density at radius 3 is 2.55 bits per heavy atom. The molecule has 0 spiro atoms. The summed E-state index contributed by atoms with van der Waals surface area (Å²) in [4.78, 5) is 28.4. The van der Waals surface area contributed by atoms with Crippen molar-refractivity contribution >= 4 is 28.2 Å². The number of piperidine rings is 1. The molecule has 1 aromatic carbocycles. The van der Waals surface area contributed by atoms with E-state index in [0.29, 0.717) is 30.5 Å². The van der Waals surface area contributed by atoms with Crippen LogP contribution in [0.2, 0.25) is 0 Å². The number of carbonyl (C=O) groups is 1. The van der Waals surface area contributed by atoms with Crippen molar-refractivity contribution in [1.82, 2.24) is 19.9 Å². The van der Waals surface area contributed by atoms with Gasteiger partial charge in [-0.25, -0.2) is 19.7 Å². The summed E-state index contributed by atoms with van der Waals surface area (Å²) in [6, 6.07) is 9.59. The molecule has 1 saturated heterocycles. The van der Waals surface area contributed by atoms with Gasteiger partial charge in [0.1, 0.15) is 5.75 Å². The SMILES string of the molecule is CCOC(=O)N1CCC(c2nc(-c3ccc(OC)cc3)c(-c3ccnc(S(C)=O)n3)s2)CC1. The van der Waals surface area contributed by atoms with Crippen molar-refractivity contribution in [2.75, 3.05) is 33.1 Å². The summed E-state index contributed by atoms with van der Waals surface area (Å²) in [5, 5.41) is 1.31. The number of likely N-dealkylation sites (tertiary alicyclic amines) is 1. The lowest BCUT2D eigenvalue weighted by Crippen LogP contribution is -2.38. The lowest BCUT2D eigenvalue weighted by Gasteiger charge is -2.30. The van der Waals surface area contributed by atoms with Crippen LogP contribution in [0.3, 0.4) is 0 Å². The first-order chi connectivity index (χ1) is 16.0. The number of ether oxygens (including phenoxy) is 2. The molecule has 0 N–H and O–H groups in total. The summed E-state index contributed by atoms with van der Waals surface area (Å²) < 4.78 is 22.4. The second-order valence-corrected chi connectivity index (χ2v) is 9.90. The van der Waals surface area contributed by atoms with Gasteiger partial charge in [-0.05, 0) is 50.1 Å². The third-order valence-corrected chi connectivity index (χ3v) is 7.45. The van der Waals surface area contributed by atoms with Crippen LogP contribution < -0.4 is 4.74 Å². The van der Waals surface area contributed by atoms with Gasteiger partial charge in [0, 0.05) is 37.0 Å². The first-order valence-electron chi connectivity index (χ1n) is 10.7. The van der Waals surface area contributed by atoms with Gasteiger partial charge in [0.2, 0.25) is 5.16 Å². The molecule has 1 fully saturated rings. The predicted octanol–water partition coefficient (Wildman–Crippen LogP) is 4.35. The molecule has 0 aliphatic carbocycles. The van der Waals surface area contributed by atoms with Crippen molar-refractivity contribution < 1.29 is 18.5 Å². The number of hydrogen-bond acceptors (Lipinski definition) is 8. The molecule has 33 heavy (non-hydrogen) atoms. The maximum Gasteiger partial charge on any atom is 0.409 e. The minimum absolute atomic E-state index is 0.244. The quantitative estimate of drug-likeness (QED) is 0.478. The van der Waals surface area contributed by atoms with Crippen LogP contribution >= 0.6 is 11.3 Å². The number of benzene rings is 1. The average molecular weight is 487 g/mol. The highest BCUT2D eigenvalue weighted by Crippen LogP contribution is 2.41. The van der Waals surface area contributed by atoms with E-state index in [4.69, 9.17) is 14.5 Å². The van der Waals surface area contributed by atoms with Gasteiger partial charge in [-0.15, -0.1) is 11.3 Å². The van der Waals surface area contributed by atoms with Gasteiger partial charge < -0.3 is 14.4 Å². The highest BCUT2D eigenvalue weighted by molar-refractivity contribution is 7.84. The Morgan fingerprint density at radius 1 is 1.18 bits per heavy atom. The van der Waals surface area contributed by atoms with Crippen molar-refractivity contribution in [3.05, 3.63) is 41.5 Å². The van der Waals surface area contributed by atoms with Crippen molar-refractivity contribution in [3.63, 3.8) is 0 Å². The van der Waals surface area contributed by atoms with Crippen LogP contribution in [0.4, 0.5) is 4.79 Å². The average Bonchev–Trinajstić information content (AvgIpc) is 3.30. The number of thiazole rings is 1. The third-order valence-electron chi connectivity index (χ3n) is 5.50. The lowest BCUT2D eigenvalue weighted by atomic mass is 9.98. The Morgan fingerprint density at radius 2 is 1.91 bits per heavy atom. The van der Waals surface area contributed by atoms with Crippen LogP contribution in [0.25, 0.3) is 21.8 Å². The fraction of sp³-hybridized carbons (Fsp3) is 0.391. The van der Waals surface area contributed by atoms with E-state index in [1.54, 1.807) is 35.8 Å². The Balaban J connectivity index is 1.68. The first-order valence-corrected chi connectivity index (χ1v) is 13.1. The van der Waals surface area contributed by atoms with Gasteiger partial charge in [0.25, 0.3) is 0 Å². The van der Waals surface area contributed by atoms with E-state index in [9.17, 15) is 9.00 Å². The Hall–Kier alpha value is -2.85. The minimum Gasteiger partial charge on any atom is -0.497 e. The summed E-state index contributed by atoms with van der Waals surface area (Å²) in [6.45, 7) is 3.48. The molecule has 3 heterocycles. The van der Waals surface area contributed by atoms with E-state index in [2.05, 4.69) is 9.97 Å². The zero-order chi connectivity index (χ0) is 23.4. The Labute approximate surface area is 199 Å². The maximum atomic E-state index is 12.1. The second kappa shape index (κ2) is 10.4. The molecule has 1 amide bonds. The molecule has 2 aromatic heterocycles. The summed E-state index contributed by atoms with van der Waals surface area (Å²) in [6.07, 6.45) is 4.59. The smallest absolute Gasteiger partial charge is 0.409 e. The number of aromatic nitrogens is 3. The monoisotopic (exact) mass is 486 g/mol. The molecule has 1 unspecified atom stereocenters. The lowest BCUT2D eigenvalue weighted by molar-refractivity contribution is 0.0970. The number of amides is 1. The molecule has 3 aromatic rings. The third kappa shape index (κ3) is 5.22. The molecule has 0 radical (unpaired) electrons. The summed E-state index contributed by atoms with van der Waals surface area (Å²) in [7, 11) is 0.356. The number of nitrogens with zero attached hydrogens (tertiary/aromatic N) is 4. The Bertz CT molecular complexity index is 1140. The zero-order valence-corrected chi connectivity index (χ0v) is 20.4. The van der Waals surface area contributed by atoms with Crippen LogP contribution in [-0.4, -0.2) is 63.2 Å². The predicted molar refractivity (Wildman–Crippen MR) is 128 cm³/mol. The summed E-state index contributed by atoms with van der Waals surface area (Å²) >= 11 is 1.60. The molecule has 1 aliphatic rings. The number of methoxy groups -OCH3 is 1. The fourth-order valence-electron chi connectivity index (χ4n) is 3.76. The molecular weight excluding hydrogens is 460 g/mol. The highest BCUT2D eigenvalue weighted by atomic mass is 32.2. The van der Waals surface area contributed by atoms with Gasteiger partial charge in [-0.1, -0.05) is 0 Å². The van der Waals surface area contributed by atoms with E-state index < -0.39 is 10.8 Å². The van der Waals surface area contributed by atoms with E-state index in [0.717, 1.165) is 39.7 Å². The van der Waals surface area contributed by atoms with Crippen LogP contribution in [0, 0.1) is 0 Å². The van der Waals surface area contributed by atoms with Crippen molar-refractivity contribution in [2.24, 2.45) is 0 Å². The molecule has 1 atom stereocenters. The molecule has 1 aliphatic heterocycles. The Kier molecular flexibility index (Phi) is 7.34. The molecule has 174 valence electrons. The number of rotatable bonds is 6. The van der Waals surface area contributed by atoms with Gasteiger partial charge in [0.05, 0.1) is 45.8 Å². The van der Waals surface area contributed by atoms with E-state index >= 15 is 0 Å². The zero-order valence-electron chi connectivity index (χ0n) is 18.8. The van der Waals surface area contributed by atoms with E-state index in [1.165, 1.54) is 0 Å². The molecule has 8 nitrogen and oxygen atoms in total. The topological polar surface area (TPSA) is 94.5 Å². The summed E-state index contributed by atoms with van der Waals surface area (Å²) in [5.41, 5.74) is 2.49. The van der Waals surface area contributed by atoms with Gasteiger partial charge >= 0.3 is 6.09 Å². The maximum absolute atomic E-state index is 12.1. The summed E-state index contributed by atoms with van der Waals surface area (Å²) in [5.74, 6) is 1.01.